The van der Waals surface area contributed by atoms with Crippen LogP contribution in [0.5, 0.6) is 5.75 Å². The van der Waals surface area contributed by atoms with E-state index in [1.807, 2.05) is 30.3 Å². The smallest absolute Gasteiger partial charge is 0.296 e. The highest BCUT2D eigenvalue weighted by molar-refractivity contribution is 5.94. The molecule has 0 saturated heterocycles. The van der Waals surface area contributed by atoms with Crippen molar-refractivity contribution in [3.63, 3.8) is 0 Å². The van der Waals surface area contributed by atoms with Crippen molar-refractivity contribution in [1.82, 2.24) is 14.9 Å². The van der Waals surface area contributed by atoms with Crippen LogP contribution in [-0.2, 0) is 13.6 Å². The zero-order chi connectivity index (χ0) is 14.7. The summed E-state index contributed by atoms with van der Waals surface area (Å²) in [6.07, 6.45) is 0. The number of aromatic hydroxyl groups is 1. The van der Waals surface area contributed by atoms with Gasteiger partial charge in [-0.25, -0.2) is 4.98 Å². The van der Waals surface area contributed by atoms with Gasteiger partial charge in [-0.05, 0) is 12.5 Å². The third-order valence-electron chi connectivity index (χ3n) is 3.00. The number of carbonyl (C=O) groups is 1. The molecule has 0 saturated carbocycles. The van der Waals surface area contributed by atoms with E-state index < -0.39 is 17.2 Å². The van der Waals surface area contributed by atoms with Gasteiger partial charge in [-0.3, -0.25) is 14.2 Å². The fraction of sp³-hybridized carbons (Fsp3) is 0.214. The maximum Gasteiger partial charge on any atom is 0.296 e. The molecule has 0 aliphatic carbocycles. The van der Waals surface area contributed by atoms with Crippen molar-refractivity contribution in [3.05, 3.63) is 57.8 Å². The lowest BCUT2D eigenvalue weighted by atomic mass is 10.2. The van der Waals surface area contributed by atoms with Gasteiger partial charge in [-0.1, -0.05) is 30.3 Å². The van der Waals surface area contributed by atoms with Crippen molar-refractivity contribution in [2.24, 2.45) is 7.05 Å². The van der Waals surface area contributed by atoms with E-state index in [0.717, 1.165) is 5.56 Å². The maximum atomic E-state index is 12.0. The summed E-state index contributed by atoms with van der Waals surface area (Å²) in [6, 6.07) is 9.33. The van der Waals surface area contributed by atoms with Gasteiger partial charge in [0, 0.05) is 13.6 Å². The first-order valence-corrected chi connectivity index (χ1v) is 6.09. The summed E-state index contributed by atoms with van der Waals surface area (Å²) in [4.78, 5) is 27.6. The number of carbonyl (C=O) groups excluding carboxylic acids is 1. The first-order valence-electron chi connectivity index (χ1n) is 6.09. The molecule has 1 heterocycles. The molecule has 1 aromatic heterocycles. The van der Waals surface area contributed by atoms with Crippen molar-refractivity contribution in [2.45, 2.75) is 13.5 Å². The van der Waals surface area contributed by atoms with Gasteiger partial charge in [0.15, 0.2) is 5.69 Å². The molecule has 1 aromatic carbocycles. The average Bonchev–Trinajstić information content (AvgIpc) is 2.47. The molecule has 0 aliphatic rings. The highest BCUT2D eigenvalue weighted by Gasteiger charge is 2.18. The summed E-state index contributed by atoms with van der Waals surface area (Å²) in [7, 11) is 1.48. The number of rotatable bonds is 3. The lowest BCUT2D eigenvalue weighted by Gasteiger charge is -2.09. The molecule has 0 unspecified atom stereocenters. The molecule has 6 heteroatoms. The van der Waals surface area contributed by atoms with Gasteiger partial charge in [0.05, 0.1) is 0 Å². The van der Waals surface area contributed by atoms with Crippen LogP contribution >= 0.6 is 0 Å². The van der Waals surface area contributed by atoms with Gasteiger partial charge in [-0.2, -0.15) is 0 Å². The van der Waals surface area contributed by atoms with E-state index in [-0.39, 0.29) is 5.69 Å². The van der Waals surface area contributed by atoms with E-state index in [2.05, 4.69) is 10.3 Å². The number of nitrogens with one attached hydrogen (secondary N) is 1. The average molecular weight is 273 g/mol. The molecule has 2 aromatic rings. The van der Waals surface area contributed by atoms with E-state index in [1.165, 1.54) is 11.6 Å². The number of hydrogen-bond acceptors (Lipinski definition) is 4. The second-order valence-electron chi connectivity index (χ2n) is 4.39. The van der Waals surface area contributed by atoms with Gasteiger partial charge in [0.1, 0.15) is 5.82 Å². The summed E-state index contributed by atoms with van der Waals surface area (Å²) in [5.74, 6) is -0.853. The molecule has 20 heavy (non-hydrogen) atoms. The third-order valence-corrected chi connectivity index (χ3v) is 3.00. The lowest BCUT2D eigenvalue weighted by molar-refractivity contribution is 0.0942. The molecular weight excluding hydrogens is 258 g/mol. The molecule has 6 nitrogen and oxygen atoms in total. The molecule has 0 aliphatic heterocycles. The minimum absolute atomic E-state index is 0.249. The van der Waals surface area contributed by atoms with Crippen LogP contribution in [0.3, 0.4) is 0 Å². The SMILES string of the molecule is Cc1nc(C(=O)NCc2ccccc2)c(O)c(=O)n1C. The fourth-order valence-corrected chi connectivity index (χ4v) is 1.72. The Kier molecular flexibility index (Phi) is 3.84. The van der Waals surface area contributed by atoms with Crippen LogP contribution < -0.4 is 10.9 Å². The molecule has 2 N–H and O–H groups in total. The first-order chi connectivity index (χ1) is 9.50. The summed E-state index contributed by atoms with van der Waals surface area (Å²) in [6.45, 7) is 1.89. The van der Waals surface area contributed by atoms with Crippen LogP contribution in [0, 0.1) is 6.92 Å². The minimum Gasteiger partial charge on any atom is -0.501 e. The minimum atomic E-state index is -0.637. The number of benzene rings is 1. The Bertz CT molecular complexity index is 693. The Balaban J connectivity index is 2.20. The predicted molar refractivity (Wildman–Crippen MR) is 73.5 cm³/mol. The number of amides is 1. The van der Waals surface area contributed by atoms with Crippen molar-refractivity contribution in [2.75, 3.05) is 0 Å². The van der Waals surface area contributed by atoms with Gasteiger partial charge >= 0.3 is 0 Å². The van der Waals surface area contributed by atoms with Crippen LogP contribution in [0.1, 0.15) is 21.9 Å². The van der Waals surface area contributed by atoms with E-state index in [0.29, 0.717) is 12.4 Å². The Morgan fingerprint density at radius 2 is 2.00 bits per heavy atom. The molecule has 0 atom stereocenters. The Morgan fingerprint density at radius 1 is 1.35 bits per heavy atom. The topological polar surface area (TPSA) is 84.2 Å². The van der Waals surface area contributed by atoms with Gasteiger partial charge in [0.25, 0.3) is 11.5 Å². The number of hydrogen-bond donors (Lipinski definition) is 2. The van der Waals surface area contributed by atoms with E-state index in [1.54, 1.807) is 6.92 Å². The Labute approximate surface area is 115 Å². The molecular formula is C14H15N3O3. The number of aromatic nitrogens is 2. The van der Waals surface area contributed by atoms with Crippen molar-refractivity contribution >= 4 is 5.91 Å². The lowest BCUT2D eigenvalue weighted by Crippen LogP contribution is -2.29. The van der Waals surface area contributed by atoms with Gasteiger partial charge in [-0.15, -0.1) is 0 Å². The van der Waals surface area contributed by atoms with Crippen LogP contribution in [0.2, 0.25) is 0 Å². The standard InChI is InChI=1S/C14H15N3O3/c1-9-16-11(12(18)14(20)17(9)2)13(19)15-8-10-6-4-3-5-7-10/h3-7,18H,8H2,1-2H3,(H,15,19). The molecule has 0 radical (unpaired) electrons. The highest BCUT2D eigenvalue weighted by atomic mass is 16.3. The van der Waals surface area contributed by atoms with E-state index in [9.17, 15) is 14.7 Å². The normalized spacial score (nSPS) is 10.3. The van der Waals surface area contributed by atoms with Crippen LogP contribution in [0.25, 0.3) is 0 Å². The zero-order valence-corrected chi connectivity index (χ0v) is 11.3. The summed E-state index contributed by atoms with van der Waals surface area (Å²) in [5, 5.41) is 12.3. The van der Waals surface area contributed by atoms with Crippen LogP contribution in [0.15, 0.2) is 35.1 Å². The summed E-state index contributed by atoms with van der Waals surface area (Å²) < 4.78 is 1.18. The van der Waals surface area contributed by atoms with Crippen molar-refractivity contribution < 1.29 is 9.90 Å². The highest BCUT2D eigenvalue weighted by Crippen LogP contribution is 2.09. The first kappa shape index (κ1) is 13.8. The van der Waals surface area contributed by atoms with Crippen molar-refractivity contribution in [1.29, 1.82) is 0 Å². The molecule has 2 rings (SSSR count). The largest absolute Gasteiger partial charge is 0.501 e. The summed E-state index contributed by atoms with van der Waals surface area (Å²) in [5.41, 5.74) is 0.0322. The van der Waals surface area contributed by atoms with Gasteiger partial charge < -0.3 is 10.4 Å². The number of nitrogens with zero attached hydrogens (tertiary/aromatic N) is 2. The molecule has 0 spiro atoms. The van der Waals surface area contributed by atoms with E-state index >= 15 is 0 Å². The molecule has 0 bridgehead atoms. The second kappa shape index (κ2) is 5.56. The van der Waals surface area contributed by atoms with Crippen LogP contribution in [0.4, 0.5) is 0 Å². The Hall–Kier alpha value is -2.63. The van der Waals surface area contributed by atoms with Crippen LogP contribution in [-0.4, -0.2) is 20.6 Å². The molecule has 0 fully saturated rings. The van der Waals surface area contributed by atoms with E-state index in [4.69, 9.17) is 0 Å². The molecule has 104 valence electrons. The third kappa shape index (κ3) is 2.69. The predicted octanol–water partition coefficient (Wildman–Crippen LogP) is 0.724. The second-order valence-corrected chi connectivity index (χ2v) is 4.39. The zero-order valence-electron chi connectivity index (χ0n) is 11.3. The Morgan fingerprint density at radius 3 is 2.65 bits per heavy atom. The van der Waals surface area contributed by atoms with Crippen molar-refractivity contribution in [3.8, 4) is 5.75 Å². The monoisotopic (exact) mass is 273 g/mol. The summed E-state index contributed by atoms with van der Waals surface area (Å²) >= 11 is 0. The number of aryl methyl sites for hydroxylation is 1. The van der Waals surface area contributed by atoms with Gasteiger partial charge in [0.2, 0.25) is 5.75 Å². The fourth-order valence-electron chi connectivity index (χ4n) is 1.72. The quantitative estimate of drug-likeness (QED) is 0.863. The maximum absolute atomic E-state index is 12.0. The molecule has 1 amide bonds.